The molecular formula is C21H28O4. The standard InChI is InChI=1S/C21H28O4/c1-16-7-6-10-19(13-16)25-15-18(22)9-5-4-8-17-11-12-20(23-2)21(14-17)24-3/h6-7,10-14,18,22H,4-5,8-9,15H2,1-3H3/i6D,7D,10D,11D,12D,13D,14D,18D. The van der Waals surface area contributed by atoms with Crippen LogP contribution in [0.4, 0.5) is 0 Å². The zero-order valence-electron chi connectivity index (χ0n) is 22.7. The average Bonchev–Trinajstić information content (AvgIpc) is 2.77. The third kappa shape index (κ3) is 6.31. The molecule has 2 aromatic rings. The third-order valence-corrected chi connectivity index (χ3v) is 3.46. The Hall–Kier alpha value is -2.20. The molecule has 0 aliphatic rings. The highest BCUT2D eigenvalue weighted by Crippen LogP contribution is 2.28. The molecule has 1 unspecified atom stereocenters. The molecule has 1 atom stereocenters. The van der Waals surface area contributed by atoms with Gasteiger partial charge < -0.3 is 19.3 Å². The quantitative estimate of drug-likeness (QED) is 0.652. The molecule has 0 fully saturated rings. The van der Waals surface area contributed by atoms with E-state index in [-0.39, 0.29) is 71.9 Å². The molecular weight excluding hydrogens is 316 g/mol. The maximum absolute atomic E-state index is 10.3. The Bertz CT molecular complexity index is 998. The van der Waals surface area contributed by atoms with Gasteiger partial charge in [-0.2, -0.15) is 0 Å². The monoisotopic (exact) mass is 352 g/mol. The Morgan fingerprint density at radius 3 is 2.64 bits per heavy atom. The molecule has 2 rings (SSSR count). The van der Waals surface area contributed by atoms with Gasteiger partial charge in [0.15, 0.2) is 11.5 Å². The van der Waals surface area contributed by atoms with Crippen LogP contribution in [0.15, 0.2) is 42.3 Å². The Labute approximate surface area is 161 Å². The summed E-state index contributed by atoms with van der Waals surface area (Å²) in [5, 5.41) is 10.3. The van der Waals surface area contributed by atoms with Crippen LogP contribution in [-0.4, -0.2) is 32.0 Å². The molecule has 0 heterocycles. The first-order valence-corrected chi connectivity index (χ1v) is 8.00. The molecule has 0 bridgehead atoms. The largest absolute Gasteiger partial charge is 0.493 e. The van der Waals surface area contributed by atoms with Crippen molar-refractivity contribution in [3.8, 4) is 17.2 Å². The minimum atomic E-state index is -2.03. The molecule has 1 N–H and O–H groups in total. The van der Waals surface area contributed by atoms with Crippen LogP contribution in [0.1, 0.15) is 41.4 Å². The molecule has 25 heavy (non-hydrogen) atoms. The fraction of sp³-hybridized carbons (Fsp3) is 0.429. The summed E-state index contributed by atoms with van der Waals surface area (Å²) in [6.45, 7) is 0.945. The van der Waals surface area contributed by atoms with Gasteiger partial charge in [-0.05, 0) is 61.5 Å². The second-order valence-electron chi connectivity index (χ2n) is 5.44. The van der Waals surface area contributed by atoms with Crippen molar-refractivity contribution in [2.45, 2.75) is 38.7 Å². The van der Waals surface area contributed by atoms with Crippen molar-refractivity contribution in [3.63, 3.8) is 0 Å². The van der Waals surface area contributed by atoms with E-state index in [1.165, 1.54) is 21.1 Å². The predicted molar refractivity (Wildman–Crippen MR) is 99.8 cm³/mol. The first-order chi connectivity index (χ1) is 15.4. The lowest BCUT2D eigenvalue weighted by Gasteiger charge is -2.13. The summed E-state index contributed by atoms with van der Waals surface area (Å²) in [5.74, 6) is -0.134. The van der Waals surface area contributed by atoms with Crippen molar-refractivity contribution in [1.82, 2.24) is 0 Å². The minimum Gasteiger partial charge on any atom is -0.493 e. The van der Waals surface area contributed by atoms with E-state index in [0.29, 0.717) is 18.4 Å². The number of rotatable bonds is 10. The molecule has 0 aliphatic heterocycles. The molecule has 0 radical (unpaired) electrons. The second-order valence-corrected chi connectivity index (χ2v) is 5.44. The van der Waals surface area contributed by atoms with E-state index in [2.05, 4.69) is 0 Å². The molecule has 0 saturated heterocycles. The van der Waals surface area contributed by atoms with Crippen molar-refractivity contribution in [3.05, 3.63) is 53.4 Å². The number of aliphatic hydroxyl groups is 1. The normalized spacial score (nSPS) is 17.6. The molecule has 0 aromatic heterocycles. The van der Waals surface area contributed by atoms with Gasteiger partial charge in [0.2, 0.25) is 0 Å². The third-order valence-electron chi connectivity index (χ3n) is 3.46. The summed E-state index contributed by atoms with van der Waals surface area (Å²) < 4.78 is 79.5. The van der Waals surface area contributed by atoms with E-state index >= 15 is 0 Å². The number of hydrogen-bond donors (Lipinski definition) is 1. The number of hydrogen-bond acceptors (Lipinski definition) is 4. The van der Waals surface area contributed by atoms with Gasteiger partial charge in [0.05, 0.1) is 31.3 Å². The summed E-state index contributed by atoms with van der Waals surface area (Å²) in [6.07, 6.45) is -1.01. The highest BCUT2D eigenvalue weighted by Gasteiger charge is 2.07. The fourth-order valence-electron chi connectivity index (χ4n) is 2.17. The summed E-state index contributed by atoms with van der Waals surface area (Å²) in [6, 6.07) is -1.61. The lowest BCUT2D eigenvalue weighted by Crippen LogP contribution is -2.17. The number of benzene rings is 2. The topological polar surface area (TPSA) is 47.9 Å². The van der Waals surface area contributed by atoms with Crippen LogP contribution in [0.2, 0.25) is 0 Å². The number of unbranched alkanes of at least 4 members (excludes halogenated alkanes) is 1. The van der Waals surface area contributed by atoms with E-state index in [1.807, 2.05) is 0 Å². The second kappa shape index (κ2) is 9.94. The zero-order chi connectivity index (χ0) is 25.1. The van der Waals surface area contributed by atoms with Crippen LogP contribution in [0.5, 0.6) is 17.2 Å². The van der Waals surface area contributed by atoms with E-state index in [4.69, 9.17) is 25.2 Å². The molecule has 0 amide bonds. The molecule has 136 valence electrons. The zero-order valence-corrected chi connectivity index (χ0v) is 14.7. The Balaban J connectivity index is 2.03. The average molecular weight is 352 g/mol. The van der Waals surface area contributed by atoms with E-state index in [9.17, 15) is 5.11 Å². The molecule has 4 heteroatoms. The van der Waals surface area contributed by atoms with Crippen LogP contribution < -0.4 is 14.2 Å². The van der Waals surface area contributed by atoms with E-state index in [1.54, 1.807) is 0 Å². The maximum atomic E-state index is 10.3. The summed E-state index contributed by atoms with van der Waals surface area (Å²) >= 11 is 0. The van der Waals surface area contributed by atoms with E-state index < -0.39 is 18.7 Å². The highest BCUT2D eigenvalue weighted by molar-refractivity contribution is 5.42. The molecule has 0 saturated carbocycles. The Morgan fingerprint density at radius 1 is 1.08 bits per heavy atom. The van der Waals surface area contributed by atoms with Gasteiger partial charge >= 0.3 is 0 Å². The first-order valence-electron chi connectivity index (χ1n) is 12.0. The molecule has 2 aromatic carbocycles. The van der Waals surface area contributed by atoms with Crippen LogP contribution >= 0.6 is 0 Å². The Kier molecular flexibility index (Phi) is 4.26. The van der Waals surface area contributed by atoms with Gasteiger partial charge in [0.1, 0.15) is 12.4 Å². The van der Waals surface area contributed by atoms with Crippen molar-refractivity contribution < 1.29 is 30.3 Å². The molecule has 0 spiro atoms. The Morgan fingerprint density at radius 2 is 1.88 bits per heavy atom. The predicted octanol–water partition coefficient (Wildman–Crippen LogP) is 4.16. The maximum Gasteiger partial charge on any atom is 0.160 e. The van der Waals surface area contributed by atoms with E-state index in [0.717, 1.165) is 0 Å². The highest BCUT2D eigenvalue weighted by atomic mass is 16.5. The number of ether oxygens (including phenoxy) is 3. The van der Waals surface area contributed by atoms with Gasteiger partial charge in [-0.3, -0.25) is 0 Å². The lowest BCUT2D eigenvalue weighted by molar-refractivity contribution is 0.0976. The SMILES string of the molecule is [2H]c1c([2H])c(C)c([2H])c(OCC([2H])(O)CCCCc2c([2H])c([2H])c(OC)c(OC)c2[2H])c1[2H]. The summed E-state index contributed by atoms with van der Waals surface area (Å²) in [7, 11) is 2.70. The van der Waals surface area contributed by atoms with Crippen molar-refractivity contribution >= 4 is 0 Å². The number of methoxy groups -OCH3 is 2. The van der Waals surface area contributed by atoms with Crippen LogP contribution in [0.3, 0.4) is 0 Å². The van der Waals surface area contributed by atoms with Crippen LogP contribution in [-0.2, 0) is 6.42 Å². The van der Waals surface area contributed by atoms with Crippen molar-refractivity contribution in [1.29, 1.82) is 0 Å². The van der Waals surface area contributed by atoms with Gasteiger partial charge in [-0.25, -0.2) is 0 Å². The van der Waals surface area contributed by atoms with Crippen molar-refractivity contribution in [2.75, 3.05) is 20.8 Å². The fourth-order valence-corrected chi connectivity index (χ4v) is 2.17. The van der Waals surface area contributed by atoms with Gasteiger partial charge in [0.25, 0.3) is 0 Å². The molecule has 0 aliphatic carbocycles. The van der Waals surface area contributed by atoms with Crippen LogP contribution in [0, 0.1) is 6.92 Å². The lowest BCUT2D eigenvalue weighted by atomic mass is 10.0. The van der Waals surface area contributed by atoms with Gasteiger partial charge in [-0.1, -0.05) is 24.5 Å². The van der Waals surface area contributed by atoms with Gasteiger partial charge in [0, 0.05) is 0 Å². The minimum absolute atomic E-state index is 0.0153. The first kappa shape index (κ1) is 10.7. The van der Waals surface area contributed by atoms with Crippen LogP contribution in [0.25, 0.3) is 0 Å². The summed E-state index contributed by atoms with van der Waals surface area (Å²) in [4.78, 5) is 0. The summed E-state index contributed by atoms with van der Waals surface area (Å²) in [5.41, 5.74) is 0.495. The smallest absolute Gasteiger partial charge is 0.160 e. The van der Waals surface area contributed by atoms with Gasteiger partial charge in [-0.15, -0.1) is 0 Å². The van der Waals surface area contributed by atoms with Crippen molar-refractivity contribution in [2.24, 2.45) is 0 Å². The molecule has 4 nitrogen and oxygen atoms in total.